The maximum Gasteiger partial charge on any atom is 0.156 e. The number of sulfone groups is 1. The number of hydrogen-bond donors (Lipinski definition) is 1. The van der Waals surface area contributed by atoms with Crippen molar-refractivity contribution < 1.29 is 13.5 Å². The second-order valence-electron chi connectivity index (χ2n) is 5.44. The molecule has 0 amide bonds. The van der Waals surface area contributed by atoms with Crippen LogP contribution in [0.4, 0.5) is 0 Å². The van der Waals surface area contributed by atoms with Crippen LogP contribution in [0.1, 0.15) is 52.4 Å². The normalized spacial score (nSPS) is 41.5. The van der Waals surface area contributed by atoms with Crippen molar-refractivity contribution >= 4 is 9.84 Å². The molecule has 94 valence electrons. The zero-order chi connectivity index (χ0) is 12.0. The Labute approximate surface area is 98.2 Å². The predicted molar refractivity (Wildman–Crippen MR) is 64.0 cm³/mol. The Morgan fingerprint density at radius 2 is 1.62 bits per heavy atom. The summed E-state index contributed by atoms with van der Waals surface area (Å²) in [6.45, 7) is 4.16. The molecule has 4 heteroatoms. The lowest BCUT2D eigenvalue weighted by molar-refractivity contribution is -0.0376. The van der Waals surface area contributed by atoms with Gasteiger partial charge in [-0.05, 0) is 31.6 Å². The van der Waals surface area contributed by atoms with E-state index in [2.05, 4.69) is 13.8 Å². The molecule has 2 unspecified atom stereocenters. The van der Waals surface area contributed by atoms with Gasteiger partial charge in [-0.15, -0.1) is 0 Å². The Morgan fingerprint density at radius 3 is 2.00 bits per heavy atom. The minimum Gasteiger partial charge on any atom is -0.390 e. The van der Waals surface area contributed by atoms with E-state index in [1.165, 1.54) is 0 Å². The van der Waals surface area contributed by atoms with Gasteiger partial charge in [0.2, 0.25) is 0 Å². The monoisotopic (exact) mass is 246 g/mol. The molecule has 0 aliphatic carbocycles. The van der Waals surface area contributed by atoms with E-state index in [0.29, 0.717) is 12.8 Å². The van der Waals surface area contributed by atoms with Crippen LogP contribution in [0.5, 0.6) is 0 Å². The van der Waals surface area contributed by atoms with Crippen molar-refractivity contribution in [2.75, 3.05) is 0 Å². The molecule has 0 spiro atoms. The first-order valence-electron chi connectivity index (χ1n) is 6.39. The molecule has 0 aromatic rings. The second kappa shape index (κ2) is 3.98. The standard InChI is InChI=1S/C12H22O3S/c1-3-9(4-2)12(13)7-10-5-6-11(8-12)16(10,14)15/h9-11,13H,3-8H2,1-2H3. The van der Waals surface area contributed by atoms with Gasteiger partial charge in [0.1, 0.15) is 0 Å². The molecule has 2 atom stereocenters. The van der Waals surface area contributed by atoms with Crippen LogP contribution in [-0.4, -0.2) is 29.6 Å². The molecule has 16 heavy (non-hydrogen) atoms. The minimum absolute atomic E-state index is 0.256. The summed E-state index contributed by atoms with van der Waals surface area (Å²) in [7, 11) is -2.91. The lowest BCUT2D eigenvalue weighted by Gasteiger charge is -2.41. The zero-order valence-corrected chi connectivity index (χ0v) is 11.0. The molecule has 2 bridgehead atoms. The lowest BCUT2D eigenvalue weighted by Crippen LogP contribution is -2.49. The van der Waals surface area contributed by atoms with Crippen LogP contribution in [0.25, 0.3) is 0 Å². The van der Waals surface area contributed by atoms with Gasteiger partial charge in [-0.1, -0.05) is 26.7 Å². The van der Waals surface area contributed by atoms with E-state index in [1.807, 2.05) is 0 Å². The molecule has 2 aliphatic rings. The highest BCUT2D eigenvalue weighted by Gasteiger charge is 2.54. The summed E-state index contributed by atoms with van der Waals surface area (Å²) in [6, 6.07) is 0. The number of rotatable bonds is 3. The molecule has 2 aliphatic heterocycles. The Morgan fingerprint density at radius 1 is 1.19 bits per heavy atom. The molecule has 2 heterocycles. The van der Waals surface area contributed by atoms with Gasteiger partial charge in [0, 0.05) is 0 Å². The zero-order valence-electron chi connectivity index (χ0n) is 10.1. The predicted octanol–water partition coefficient (Wildman–Crippen LogP) is 1.89. The van der Waals surface area contributed by atoms with Gasteiger partial charge in [-0.2, -0.15) is 0 Å². The second-order valence-corrected chi connectivity index (χ2v) is 7.95. The summed E-state index contributed by atoms with van der Waals surface area (Å²) in [4.78, 5) is 0. The van der Waals surface area contributed by atoms with E-state index < -0.39 is 15.4 Å². The summed E-state index contributed by atoms with van der Waals surface area (Å²) >= 11 is 0. The van der Waals surface area contributed by atoms with Crippen molar-refractivity contribution in [3.05, 3.63) is 0 Å². The van der Waals surface area contributed by atoms with Crippen LogP contribution < -0.4 is 0 Å². The number of aliphatic hydroxyl groups is 1. The molecule has 2 fully saturated rings. The molecular weight excluding hydrogens is 224 g/mol. The number of hydrogen-bond acceptors (Lipinski definition) is 3. The molecule has 3 nitrogen and oxygen atoms in total. The lowest BCUT2D eigenvalue weighted by atomic mass is 9.78. The van der Waals surface area contributed by atoms with Crippen molar-refractivity contribution in [3.63, 3.8) is 0 Å². The Balaban J connectivity index is 2.24. The fourth-order valence-corrected chi connectivity index (χ4v) is 6.18. The third-order valence-corrected chi connectivity index (χ3v) is 7.31. The largest absolute Gasteiger partial charge is 0.390 e. The topological polar surface area (TPSA) is 54.4 Å². The van der Waals surface area contributed by atoms with Gasteiger partial charge in [0.05, 0.1) is 16.1 Å². The summed E-state index contributed by atoms with van der Waals surface area (Å²) in [5.41, 5.74) is -0.722. The smallest absolute Gasteiger partial charge is 0.156 e. The number of fused-ring (bicyclic) bond motifs is 2. The highest BCUT2D eigenvalue weighted by Crippen LogP contribution is 2.47. The quantitative estimate of drug-likeness (QED) is 0.827. The van der Waals surface area contributed by atoms with Crippen LogP contribution in [0.15, 0.2) is 0 Å². The summed E-state index contributed by atoms with van der Waals surface area (Å²) < 4.78 is 23.9. The van der Waals surface area contributed by atoms with Gasteiger partial charge in [0.25, 0.3) is 0 Å². The third kappa shape index (κ3) is 1.70. The van der Waals surface area contributed by atoms with E-state index in [9.17, 15) is 13.5 Å². The van der Waals surface area contributed by atoms with Crippen LogP contribution >= 0.6 is 0 Å². The molecule has 2 saturated heterocycles. The fraction of sp³-hybridized carbons (Fsp3) is 1.00. The average molecular weight is 246 g/mol. The Bertz CT molecular complexity index is 336. The minimum atomic E-state index is -2.91. The first-order chi connectivity index (χ1) is 7.44. The Hall–Kier alpha value is -0.0900. The van der Waals surface area contributed by atoms with E-state index in [1.54, 1.807) is 0 Å². The van der Waals surface area contributed by atoms with Gasteiger partial charge < -0.3 is 5.11 Å². The molecular formula is C12H22O3S. The van der Waals surface area contributed by atoms with Crippen molar-refractivity contribution in [3.8, 4) is 0 Å². The third-order valence-electron chi connectivity index (χ3n) is 4.65. The van der Waals surface area contributed by atoms with Gasteiger partial charge in [0.15, 0.2) is 9.84 Å². The van der Waals surface area contributed by atoms with Crippen LogP contribution in [0.2, 0.25) is 0 Å². The van der Waals surface area contributed by atoms with E-state index in [4.69, 9.17) is 0 Å². The maximum absolute atomic E-state index is 12.0. The SMILES string of the molecule is CCC(CC)C1(O)CC2CCC(C1)S2(=O)=O. The van der Waals surface area contributed by atoms with Gasteiger partial charge in [-0.25, -0.2) is 8.42 Å². The van der Waals surface area contributed by atoms with Crippen LogP contribution in [-0.2, 0) is 9.84 Å². The van der Waals surface area contributed by atoms with E-state index in [-0.39, 0.29) is 16.4 Å². The fourth-order valence-electron chi connectivity index (χ4n) is 3.66. The highest BCUT2D eigenvalue weighted by molar-refractivity contribution is 7.93. The van der Waals surface area contributed by atoms with Crippen LogP contribution in [0.3, 0.4) is 0 Å². The Kier molecular flexibility index (Phi) is 3.08. The van der Waals surface area contributed by atoms with Crippen molar-refractivity contribution in [2.24, 2.45) is 5.92 Å². The summed E-state index contributed by atoms with van der Waals surface area (Å²) in [5, 5.41) is 10.1. The first-order valence-corrected chi connectivity index (χ1v) is 8.00. The van der Waals surface area contributed by atoms with E-state index in [0.717, 1.165) is 25.7 Å². The molecule has 0 saturated carbocycles. The molecule has 0 radical (unpaired) electrons. The highest BCUT2D eigenvalue weighted by atomic mass is 32.2. The first kappa shape index (κ1) is 12.4. The molecule has 0 aromatic heterocycles. The van der Waals surface area contributed by atoms with E-state index >= 15 is 0 Å². The van der Waals surface area contributed by atoms with Gasteiger partial charge >= 0.3 is 0 Å². The van der Waals surface area contributed by atoms with Crippen molar-refractivity contribution in [1.29, 1.82) is 0 Å². The molecule has 1 N–H and O–H groups in total. The van der Waals surface area contributed by atoms with Crippen molar-refractivity contribution in [1.82, 2.24) is 0 Å². The summed E-state index contributed by atoms with van der Waals surface area (Å²) in [6.07, 6.45) is 4.33. The maximum atomic E-state index is 12.0. The van der Waals surface area contributed by atoms with Gasteiger partial charge in [-0.3, -0.25) is 0 Å². The van der Waals surface area contributed by atoms with Crippen LogP contribution in [0, 0.1) is 5.92 Å². The van der Waals surface area contributed by atoms with Crippen molar-refractivity contribution in [2.45, 2.75) is 68.5 Å². The average Bonchev–Trinajstić information content (AvgIpc) is 2.40. The molecule has 2 rings (SSSR count). The summed E-state index contributed by atoms with van der Waals surface area (Å²) in [5.74, 6) is 0.256. The molecule has 0 aromatic carbocycles.